The summed E-state index contributed by atoms with van der Waals surface area (Å²) in [5.74, 6) is 7.13. The molecule has 0 N–H and O–H groups in total. The molecular formula is C21H25N. The average Bonchev–Trinajstić information content (AvgIpc) is 2.55. The lowest BCUT2D eigenvalue weighted by molar-refractivity contribution is 0.390. The van der Waals surface area contributed by atoms with Crippen molar-refractivity contribution in [2.24, 2.45) is 0 Å². The van der Waals surface area contributed by atoms with Crippen LogP contribution >= 0.6 is 0 Å². The number of nitrogens with zero attached hydrogens (tertiary/aromatic N) is 1. The van der Waals surface area contributed by atoms with E-state index in [2.05, 4.69) is 73.3 Å². The Morgan fingerprint density at radius 3 is 2.14 bits per heavy atom. The topological polar surface area (TPSA) is 3.24 Å². The van der Waals surface area contributed by atoms with E-state index in [1.807, 2.05) is 18.2 Å². The quantitative estimate of drug-likeness (QED) is 0.557. The Labute approximate surface area is 135 Å². The van der Waals surface area contributed by atoms with Crippen molar-refractivity contribution >= 4 is 0 Å². The summed E-state index contributed by atoms with van der Waals surface area (Å²) in [5.41, 5.74) is 2.42. The highest BCUT2D eigenvalue weighted by molar-refractivity contribution is 5.37. The number of unbranched alkanes of at least 4 members (excludes halogenated alkanes) is 1. The second-order valence-electron chi connectivity index (χ2n) is 5.90. The second kappa shape index (κ2) is 9.07. The smallest absolute Gasteiger partial charge is 0.0456 e. The van der Waals surface area contributed by atoms with Gasteiger partial charge in [-0.3, -0.25) is 0 Å². The molecule has 0 radical (unpaired) electrons. The fourth-order valence-electron chi connectivity index (χ4n) is 2.48. The Bertz CT molecular complexity index is 590. The summed E-state index contributed by atoms with van der Waals surface area (Å²) in [6.45, 7) is 1.15. The van der Waals surface area contributed by atoms with Crippen LogP contribution in [-0.2, 0) is 0 Å². The van der Waals surface area contributed by atoms with E-state index in [9.17, 15) is 0 Å². The minimum Gasteiger partial charge on any atom is -0.309 e. The molecule has 0 aliphatic rings. The van der Waals surface area contributed by atoms with Gasteiger partial charge in [0.15, 0.2) is 0 Å². The van der Waals surface area contributed by atoms with Gasteiger partial charge >= 0.3 is 0 Å². The molecule has 114 valence electrons. The normalized spacial score (nSPS) is 11.8. The molecule has 0 heterocycles. The molecule has 2 aromatic carbocycles. The van der Waals surface area contributed by atoms with Gasteiger partial charge < -0.3 is 4.90 Å². The fraction of sp³-hybridized carbons (Fsp3) is 0.333. The van der Waals surface area contributed by atoms with Crippen LogP contribution in [0.1, 0.15) is 36.3 Å². The zero-order valence-electron chi connectivity index (χ0n) is 13.6. The van der Waals surface area contributed by atoms with Crippen LogP contribution in [-0.4, -0.2) is 25.5 Å². The first-order valence-electron chi connectivity index (χ1n) is 8.02. The van der Waals surface area contributed by atoms with Crippen LogP contribution in [0.5, 0.6) is 0 Å². The summed E-state index contributed by atoms with van der Waals surface area (Å²) in [6, 6.07) is 20.9. The van der Waals surface area contributed by atoms with Crippen LogP contribution in [0.25, 0.3) is 0 Å². The van der Waals surface area contributed by atoms with Crippen LogP contribution < -0.4 is 0 Å². The van der Waals surface area contributed by atoms with Crippen LogP contribution in [0.4, 0.5) is 0 Å². The lowest BCUT2D eigenvalue weighted by Gasteiger charge is -2.13. The first-order chi connectivity index (χ1) is 10.8. The summed E-state index contributed by atoms with van der Waals surface area (Å²) < 4.78 is 0. The minimum absolute atomic E-state index is 0.323. The summed E-state index contributed by atoms with van der Waals surface area (Å²) in [6.07, 6.45) is 3.56. The van der Waals surface area contributed by atoms with Gasteiger partial charge in [0.05, 0.1) is 0 Å². The molecule has 1 heteroatoms. The molecule has 0 saturated heterocycles. The maximum absolute atomic E-state index is 3.48. The monoisotopic (exact) mass is 291 g/mol. The average molecular weight is 291 g/mol. The van der Waals surface area contributed by atoms with Gasteiger partial charge in [-0.2, -0.15) is 0 Å². The van der Waals surface area contributed by atoms with Crippen molar-refractivity contribution in [3.05, 3.63) is 71.8 Å². The highest BCUT2D eigenvalue weighted by Crippen LogP contribution is 2.21. The van der Waals surface area contributed by atoms with Gasteiger partial charge in [0, 0.05) is 11.5 Å². The highest BCUT2D eigenvalue weighted by atomic mass is 15.0. The first-order valence-corrected chi connectivity index (χ1v) is 8.02. The van der Waals surface area contributed by atoms with E-state index in [1.54, 1.807) is 0 Å². The summed E-state index contributed by atoms with van der Waals surface area (Å²) >= 11 is 0. The Hall–Kier alpha value is -2.04. The summed E-state index contributed by atoms with van der Waals surface area (Å²) in [5, 5.41) is 0. The molecule has 0 fully saturated rings. The standard InChI is InChI=1S/C21H25N/c1-22(2)18-10-9-15-21(20-13-7-4-8-14-20)17-16-19-11-5-3-6-12-19/h3-8,11-14,21H,9-10,15,18H2,1-2H3/t21-/m0/s1. The van der Waals surface area contributed by atoms with Gasteiger partial charge in [-0.05, 0) is 51.2 Å². The molecule has 1 atom stereocenters. The molecule has 2 rings (SSSR count). The molecule has 0 bridgehead atoms. The predicted molar refractivity (Wildman–Crippen MR) is 94.9 cm³/mol. The van der Waals surface area contributed by atoms with Crippen molar-refractivity contribution < 1.29 is 0 Å². The first kappa shape index (κ1) is 16.3. The van der Waals surface area contributed by atoms with Crippen LogP contribution in [0.2, 0.25) is 0 Å². The van der Waals surface area contributed by atoms with E-state index in [0.29, 0.717) is 5.92 Å². The third-order valence-electron chi connectivity index (χ3n) is 3.71. The lowest BCUT2D eigenvalue weighted by Crippen LogP contribution is -2.13. The molecule has 1 nitrogen and oxygen atoms in total. The minimum atomic E-state index is 0.323. The Morgan fingerprint density at radius 1 is 0.864 bits per heavy atom. The third-order valence-corrected chi connectivity index (χ3v) is 3.71. The molecule has 0 aliphatic carbocycles. The van der Waals surface area contributed by atoms with Crippen molar-refractivity contribution in [1.82, 2.24) is 4.90 Å². The van der Waals surface area contributed by atoms with E-state index < -0.39 is 0 Å². The number of benzene rings is 2. The Kier molecular flexibility index (Phi) is 6.74. The molecule has 0 aliphatic heterocycles. The molecule has 0 saturated carbocycles. The number of hydrogen-bond donors (Lipinski definition) is 0. The van der Waals surface area contributed by atoms with Crippen molar-refractivity contribution in [2.45, 2.75) is 25.2 Å². The number of rotatable bonds is 6. The van der Waals surface area contributed by atoms with E-state index in [-0.39, 0.29) is 0 Å². The van der Waals surface area contributed by atoms with Crippen molar-refractivity contribution in [3.63, 3.8) is 0 Å². The van der Waals surface area contributed by atoms with Gasteiger partial charge in [-0.25, -0.2) is 0 Å². The molecular weight excluding hydrogens is 266 g/mol. The van der Waals surface area contributed by atoms with Crippen LogP contribution in [0, 0.1) is 11.8 Å². The fourth-order valence-corrected chi connectivity index (χ4v) is 2.48. The van der Waals surface area contributed by atoms with Crippen molar-refractivity contribution in [1.29, 1.82) is 0 Å². The second-order valence-corrected chi connectivity index (χ2v) is 5.90. The maximum atomic E-state index is 3.48. The van der Waals surface area contributed by atoms with Gasteiger partial charge in [-0.1, -0.05) is 66.8 Å². The Morgan fingerprint density at radius 2 is 1.50 bits per heavy atom. The predicted octanol–water partition coefficient (Wildman–Crippen LogP) is 4.55. The SMILES string of the molecule is CN(C)CCCC[C@@H](C#Cc1ccccc1)c1ccccc1. The number of hydrogen-bond acceptors (Lipinski definition) is 1. The molecule has 22 heavy (non-hydrogen) atoms. The largest absolute Gasteiger partial charge is 0.309 e. The Balaban J connectivity index is 2.04. The van der Waals surface area contributed by atoms with Crippen LogP contribution in [0.3, 0.4) is 0 Å². The van der Waals surface area contributed by atoms with E-state index in [1.165, 1.54) is 18.4 Å². The summed E-state index contributed by atoms with van der Waals surface area (Å²) in [4.78, 5) is 2.24. The zero-order valence-corrected chi connectivity index (χ0v) is 13.6. The molecule has 0 unspecified atom stereocenters. The summed E-state index contributed by atoms with van der Waals surface area (Å²) in [7, 11) is 4.26. The molecule has 0 aromatic heterocycles. The highest BCUT2D eigenvalue weighted by Gasteiger charge is 2.07. The lowest BCUT2D eigenvalue weighted by atomic mass is 9.93. The molecule has 0 spiro atoms. The van der Waals surface area contributed by atoms with Crippen molar-refractivity contribution in [3.8, 4) is 11.8 Å². The van der Waals surface area contributed by atoms with E-state index >= 15 is 0 Å². The van der Waals surface area contributed by atoms with Gasteiger partial charge in [-0.15, -0.1) is 0 Å². The van der Waals surface area contributed by atoms with Crippen molar-refractivity contribution in [2.75, 3.05) is 20.6 Å². The molecule has 0 amide bonds. The zero-order chi connectivity index (χ0) is 15.6. The third kappa shape index (κ3) is 5.76. The van der Waals surface area contributed by atoms with Crippen LogP contribution in [0.15, 0.2) is 60.7 Å². The van der Waals surface area contributed by atoms with E-state index in [4.69, 9.17) is 0 Å². The van der Waals surface area contributed by atoms with Gasteiger partial charge in [0.1, 0.15) is 0 Å². The maximum Gasteiger partial charge on any atom is 0.0456 e. The van der Waals surface area contributed by atoms with Gasteiger partial charge in [0.2, 0.25) is 0 Å². The van der Waals surface area contributed by atoms with E-state index in [0.717, 1.165) is 18.5 Å². The molecule has 2 aromatic rings. The van der Waals surface area contributed by atoms with Gasteiger partial charge in [0.25, 0.3) is 0 Å².